The summed E-state index contributed by atoms with van der Waals surface area (Å²) in [5.74, 6) is 0. The van der Waals surface area contributed by atoms with E-state index in [9.17, 15) is 0 Å². The van der Waals surface area contributed by atoms with Crippen LogP contribution in [0.15, 0.2) is 126 Å². The molecule has 1 aliphatic rings. The van der Waals surface area contributed by atoms with Crippen LogP contribution in [-0.2, 0) is 13.0 Å². The molecule has 1 aliphatic heterocycles. The van der Waals surface area contributed by atoms with Gasteiger partial charge in [0.1, 0.15) is 0 Å². The first-order valence-electron chi connectivity index (χ1n) is 13.1. The Morgan fingerprint density at radius 2 is 1.46 bits per heavy atom. The van der Waals surface area contributed by atoms with Gasteiger partial charge in [-0.25, -0.2) is 4.99 Å². The maximum absolute atomic E-state index is 6.12. The average molecular weight is 524 g/mol. The summed E-state index contributed by atoms with van der Waals surface area (Å²) >= 11 is 6.12. The van der Waals surface area contributed by atoms with E-state index >= 15 is 0 Å². The molecule has 0 fully saturated rings. The number of hydrogen-bond acceptors (Lipinski definition) is 3. The lowest BCUT2D eigenvalue weighted by molar-refractivity contribution is 1.01. The Balaban J connectivity index is 1.22. The molecule has 1 heterocycles. The molecule has 0 atom stereocenters. The molecular weight excluding hydrogens is 498 g/mol. The van der Waals surface area contributed by atoms with Crippen molar-refractivity contribution in [1.82, 2.24) is 0 Å². The van der Waals surface area contributed by atoms with Gasteiger partial charge in [0, 0.05) is 33.0 Å². The van der Waals surface area contributed by atoms with Crippen molar-refractivity contribution in [3.8, 4) is 0 Å². The van der Waals surface area contributed by atoms with Crippen molar-refractivity contribution in [3.05, 3.63) is 143 Å². The van der Waals surface area contributed by atoms with Crippen molar-refractivity contribution in [3.63, 3.8) is 0 Å². The van der Waals surface area contributed by atoms with Crippen molar-refractivity contribution in [2.24, 2.45) is 4.99 Å². The summed E-state index contributed by atoms with van der Waals surface area (Å²) in [5.41, 5.74) is 8.11. The lowest BCUT2D eigenvalue weighted by atomic mass is 9.96. The summed E-state index contributed by atoms with van der Waals surface area (Å²) < 4.78 is 0. The molecule has 0 saturated carbocycles. The molecule has 1 N–H and O–H groups in total. The Labute approximate surface area is 233 Å². The molecule has 0 amide bonds. The molecule has 4 heteroatoms. The molecule has 3 nitrogen and oxygen atoms in total. The number of halogens is 1. The predicted octanol–water partition coefficient (Wildman–Crippen LogP) is 9.66. The molecule has 0 bridgehead atoms. The summed E-state index contributed by atoms with van der Waals surface area (Å²) in [5, 5.41) is 9.25. The first-order valence-corrected chi connectivity index (χ1v) is 13.5. The maximum Gasteiger partial charge on any atom is 0.0960 e. The third-order valence-corrected chi connectivity index (χ3v) is 7.66. The highest BCUT2D eigenvalue weighted by Gasteiger charge is 2.17. The van der Waals surface area contributed by atoms with Gasteiger partial charge in [-0.3, -0.25) is 0 Å². The van der Waals surface area contributed by atoms with Gasteiger partial charge in [-0.2, -0.15) is 0 Å². The number of rotatable bonds is 5. The molecule has 0 radical (unpaired) electrons. The van der Waals surface area contributed by atoms with E-state index in [1.807, 2.05) is 30.6 Å². The second-order valence-electron chi connectivity index (χ2n) is 10.00. The Bertz CT molecular complexity index is 1830. The van der Waals surface area contributed by atoms with E-state index in [0.717, 1.165) is 40.7 Å². The number of aliphatic imine (C=N–C) groups is 1. The molecule has 0 spiro atoms. The Morgan fingerprint density at radius 3 is 2.28 bits per heavy atom. The summed E-state index contributed by atoms with van der Waals surface area (Å²) in [4.78, 5) is 6.95. The van der Waals surface area contributed by atoms with Gasteiger partial charge < -0.3 is 10.2 Å². The molecule has 6 aromatic rings. The van der Waals surface area contributed by atoms with E-state index in [1.165, 1.54) is 38.2 Å². The number of nitrogens with one attached hydrogen (secondary N) is 1. The molecular formula is C35H26ClN3. The third-order valence-electron chi connectivity index (χ3n) is 7.41. The fraction of sp³-hybridized carbons (Fsp3) is 0.0571. The SMILES string of the molecule is Clc1ccc(N2C=Nc3ccc4cc5cccc(Nc6ccc(Cc7ccccc7)cc6)c5cc4c3C2)cc1. The van der Waals surface area contributed by atoms with E-state index < -0.39 is 0 Å². The number of hydrogen-bond donors (Lipinski definition) is 1. The maximum atomic E-state index is 6.12. The quantitative estimate of drug-likeness (QED) is 0.228. The molecule has 0 unspecified atom stereocenters. The minimum absolute atomic E-state index is 0.732. The lowest BCUT2D eigenvalue weighted by Gasteiger charge is -2.26. The molecule has 39 heavy (non-hydrogen) atoms. The zero-order chi connectivity index (χ0) is 26.2. The summed E-state index contributed by atoms with van der Waals surface area (Å²) in [7, 11) is 0. The Kier molecular flexibility index (Phi) is 5.99. The number of benzene rings is 6. The van der Waals surface area contributed by atoms with Crippen LogP contribution in [0.1, 0.15) is 16.7 Å². The van der Waals surface area contributed by atoms with E-state index in [4.69, 9.17) is 16.6 Å². The van der Waals surface area contributed by atoms with Crippen LogP contribution in [0.4, 0.5) is 22.7 Å². The molecule has 7 rings (SSSR count). The summed E-state index contributed by atoms with van der Waals surface area (Å²) in [6.07, 6.45) is 2.84. The van der Waals surface area contributed by atoms with Gasteiger partial charge in [-0.1, -0.05) is 72.3 Å². The normalized spacial score (nSPS) is 12.6. The van der Waals surface area contributed by atoms with Crippen LogP contribution in [0.25, 0.3) is 21.5 Å². The molecule has 0 aliphatic carbocycles. The number of fused-ring (bicyclic) bond motifs is 4. The molecule has 0 aromatic heterocycles. The molecule has 0 saturated heterocycles. The van der Waals surface area contributed by atoms with Crippen LogP contribution in [0.2, 0.25) is 5.02 Å². The third kappa shape index (κ3) is 4.73. The standard InChI is InChI=1S/C35H26ClN3/c36-28-12-16-30(17-13-28)39-22-33-31-21-32-26(20-27(31)11-18-34(33)37-23-39)7-4-8-35(32)38-29-14-9-25(10-15-29)19-24-5-2-1-3-6-24/h1-18,20-21,23,38H,19,22H2. The number of nitrogens with zero attached hydrogens (tertiary/aromatic N) is 2. The van der Waals surface area contributed by atoms with Gasteiger partial charge in [0.05, 0.1) is 18.6 Å². The highest BCUT2D eigenvalue weighted by atomic mass is 35.5. The zero-order valence-corrected chi connectivity index (χ0v) is 22.1. The van der Waals surface area contributed by atoms with Crippen LogP contribution < -0.4 is 10.2 Å². The highest BCUT2D eigenvalue weighted by Crippen LogP contribution is 2.37. The zero-order valence-electron chi connectivity index (χ0n) is 21.3. The van der Waals surface area contributed by atoms with Crippen LogP contribution in [-0.4, -0.2) is 6.34 Å². The van der Waals surface area contributed by atoms with Crippen molar-refractivity contribution in [1.29, 1.82) is 0 Å². The van der Waals surface area contributed by atoms with Crippen molar-refractivity contribution in [2.75, 3.05) is 10.2 Å². The lowest BCUT2D eigenvalue weighted by Crippen LogP contribution is -2.23. The first-order chi connectivity index (χ1) is 19.2. The van der Waals surface area contributed by atoms with Gasteiger partial charge in [0.15, 0.2) is 0 Å². The Morgan fingerprint density at radius 1 is 0.692 bits per heavy atom. The van der Waals surface area contributed by atoms with Gasteiger partial charge in [0.25, 0.3) is 0 Å². The minimum atomic E-state index is 0.732. The summed E-state index contributed by atoms with van der Waals surface area (Å²) in [6.45, 7) is 0.752. The first kappa shape index (κ1) is 23.5. The van der Waals surface area contributed by atoms with Gasteiger partial charge in [-0.15, -0.1) is 0 Å². The van der Waals surface area contributed by atoms with E-state index in [0.29, 0.717) is 0 Å². The van der Waals surface area contributed by atoms with Crippen LogP contribution >= 0.6 is 11.6 Å². The van der Waals surface area contributed by atoms with E-state index in [1.54, 1.807) is 0 Å². The largest absolute Gasteiger partial charge is 0.355 e. The van der Waals surface area contributed by atoms with Crippen LogP contribution in [0.3, 0.4) is 0 Å². The van der Waals surface area contributed by atoms with Gasteiger partial charge in [-0.05, 0) is 94.4 Å². The smallest absolute Gasteiger partial charge is 0.0960 e. The van der Waals surface area contributed by atoms with Crippen LogP contribution in [0, 0.1) is 0 Å². The monoisotopic (exact) mass is 523 g/mol. The molecule has 188 valence electrons. The molecule has 6 aromatic carbocycles. The van der Waals surface area contributed by atoms with E-state index in [2.05, 4.69) is 107 Å². The topological polar surface area (TPSA) is 27.6 Å². The highest BCUT2D eigenvalue weighted by molar-refractivity contribution is 6.30. The number of anilines is 3. The van der Waals surface area contributed by atoms with E-state index in [-0.39, 0.29) is 0 Å². The fourth-order valence-electron chi connectivity index (χ4n) is 5.37. The van der Waals surface area contributed by atoms with Crippen molar-refractivity contribution < 1.29 is 0 Å². The second kappa shape index (κ2) is 9.94. The summed E-state index contributed by atoms with van der Waals surface area (Å²) in [6, 6.07) is 42.6. The van der Waals surface area contributed by atoms with Gasteiger partial charge in [0.2, 0.25) is 0 Å². The van der Waals surface area contributed by atoms with Crippen LogP contribution in [0.5, 0.6) is 0 Å². The predicted molar refractivity (Wildman–Crippen MR) is 166 cm³/mol. The Hall–Kier alpha value is -4.60. The van der Waals surface area contributed by atoms with Gasteiger partial charge >= 0.3 is 0 Å². The minimum Gasteiger partial charge on any atom is -0.355 e. The van der Waals surface area contributed by atoms with Crippen molar-refractivity contribution in [2.45, 2.75) is 13.0 Å². The average Bonchev–Trinajstić information content (AvgIpc) is 2.98. The fourth-order valence-corrected chi connectivity index (χ4v) is 5.50. The van der Waals surface area contributed by atoms with Crippen molar-refractivity contribution >= 4 is 62.2 Å². The second-order valence-corrected chi connectivity index (χ2v) is 10.4.